The van der Waals surface area contributed by atoms with E-state index in [4.69, 9.17) is 0 Å². The van der Waals surface area contributed by atoms with E-state index in [9.17, 15) is 5.11 Å². The molecule has 1 unspecified atom stereocenters. The molecule has 5 heteroatoms. The molecule has 0 bridgehead atoms. The molecule has 0 radical (unpaired) electrons. The molecule has 1 atom stereocenters. The molecule has 0 aliphatic heterocycles. The lowest BCUT2D eigenvalue weighted by Gasteiger charge is -2.05. The SMILES string of the molecule is OC(c1ccccn1)c1nc(Br)cs1. The van der Waals surface area contributed by atoms with Crippen molar-refractivity contribution in [2.45, 2.75) is 6.10 Å². The zero-order valence-electron chi connectivity index (χ0n) is 7.09. The Kier molecular flexibility index (Phi) is 2.90. The second-order valence-electron chi connectivity index (χ2n) is 2.67. The van der Waals surface area contributed by atoms with Crippen LogP contribution in [-0.4, -0.2) is 15.1 Å². The van der Waals surface area contributed by atoms with Crippen molar-refractivity contribution in [2.75, 3.05) is 0 Å². The highest BCUT2D eigenvalue weighted by Crippen LogP contribution is 2.25. The fourth-order valence-corrected chi connectivity index (χ4v) is 2.32. The molecule has 0 saturated carbocycles. The average Bonchev–Trinajstić information content (AvgIpc) is 2.65. The summed E-state index contributed by atoms with van der Waals surface area (Å²) in [5, 5.41) is 12.4. The molecule has 2 aromatic rings. The number of pyridine rings is 1. The number of hydrogen-bond donors (Lipinski definition) is 1. The Morgan fingerprint density at radius 2 is 2.29 bits per heavy atom. The van der Waals surface area contributed by atoms with E-state index < -0.39 is 6.10 Å². The molecule has 0 saturated heterocycles. The summed E-state index contributed by atoms with van der Waals surface area (Å²) in [6.07, 6.45) is 0.925. The van der Waals surface area contributed by atoms with E-state index in [0.29, 0.717) is 10.7 Å². The van der Waals surface area contributed by atoms with Crippen molar-refractivity contribution in [2.24, 2.45) is 0 Å². The number of aliphatic hydroxyl groups is 1. The van der Waals surface area contributed by atoms with Gasteiger partial charge in [0.15, 0.2) is 0 Å². The van der Waals surface area contributed by atoms with Crippen LogP contribution in [-0.2, 0) is 0 Å². The van der Waals surface area contributed by atoms with E-state index >= 15 is 0 Å². The molecule has 14 heavy (non-hydrogen) atoms. The van der Waals surface area contributed by atoms with Crippen molar-refractivity contribution in [1.82, 2.24) is 9.97 Å². The normalized spacial score (nSPS) is 12.7. The van der Waals surface area contributed by atoms with Gasteiger partial charge in [0.1, 0.15) is 15.7 Å². The number of rotatable bonds is 2. The van der Waals surface area contributed by atoms with Crippen molar-refractivity contribution in [3.63, 3.8) is 0 Å². The van der Waals surface area contributed by atoms with E-state index in [1.807, 2.05) is 17.5 Å². The molecular formula is C9H7BrN2OS. The minimum absolute atomic E-state index is 0.620. The first-order chi connectivity index (χ1) is 6.77. The van der Waals surface area contributed by atoms with Crippen LogP contribution in [0.5, 0.6) is 0 Å². The van der Waals surface area contributed by atoms with E-state index in [2.05, 4.69) is 25.9 Å². The fourth-order valence-electron chi connectivity index (χ4n) is 1.06. The quantitative estimate of drug-likeness (QED) is 0.912. The van der Waals surface area contributed by atoms with Gasteiger partial charge in [0.05, 0.1) is 5.69 Å². The Bertz CT molecular complexity index is 418. The minimum atomic E-state index is -0.729. The number of nitrogens with zero attached hydrogens (tertiary/aromatic N) is 2. The van der Waals surface area contributed by atoms with Gasteiger partial charge in [-0.25, -0.2) is 4.98 Å². The maximum Gasteiger partial charge on any atom is 0.147 e. The molecule has 72 valence electrons. The van der Waals surface area contributed by atoms with Crippen LogP contribution in [0.2, 0.25) is 0 Å². The Morgan fingerprint density at radius 1 is 1.43 bits per heavy atom. The van der Waals surface area contributed by atoms with Gasteiger partial charge in [0, 0.05) is 11.6 Å². The van der Waals surface area contributed by atoms with E-state index in [0.717, 1.165) is 4.60 Å². The average molecular weight is 271 g/mol. The highest BCUT2D eigenvalue weighted by atomic mass is 79.9. The summed E-state index contributed by atoms with van der Waals surface area (Å²) in [5.74, 6) is 0. The van der Waals surface area contributed by atoms with Gasteiger partial charge in [-0.05, 0) is 28.1 Å². The van der Waals surface area contributed by atoms with Crippen LogP contribution in [0.3, 0.4) is 0 Å². The molecule has 0 spiro atoms. The highest BCUT2D eigenvalue weighted by Gasteiger charge is 2.14. The van der Waals surface area contributed by atoms with Crippen LogP contribution in [0.25, 0.3) is 0 Å². The molecule has 0 aliphatic carbocycles. The monoisotopic (exact) mass is 270 g/mol. The van der Waals surface area contributed by atoms with Gasteiger partial charge in [-0.3, -0.25) is 4.98 Å². The van der Waals surface area contributed by atoms with Gasteiger partial charge < -0.3 is 5.11 Å². The molecule has 0 fully saturated rings. The van der Waals surface area contributed by atoms with Crippen molar-refractivity contribution < 1.29 is 5.11 Å². The number of thiazole rings is 1. The van der Waals surface area contributed by atoms with Gasteiger partial charge in [-0.15, -0.1) is 11.3 Å². The summed E-state index contributed by atoms with van der Waals surface area (Å²) in [4.78, 5) is 8.20. The molecule has 2 rings (SSSR count). The summed E-state index contributed by atoms with van der Waals surface area (Å²) in [7, 11) is 0. The first-order valence-corrected chi connectivity index (χ1v) is 5.64. The maximum atomic E-state index is 9.87. The summed E-state index contributed by atoms with van der Waals surface area (Å²) < 4.78 is 0.743. The molecule has 1 N–H and O–H groups in total. The van der Waals surface area contributed by atoms with Gasteiger partial charge in [0.2, 0.25) is 0 Å². The highest BCUT2D eigenvalue weighted by molar-refractivity contribution is 9.10. The predicted molar refractivity (Wildman–Crippen MR) is 58.1 cm³/mol. The minimum Gasteiger partial charge on any atom is -0.380 e. The summed E-state index contributed by atoms with van der Waals surface area (Å²) in [6, 6.07) is 5.43. The second kappa shape index (κ2) is 4.16. The lowest BCUT2D eigenvalue weighted by molar-refractivity contribution is 0.214. The summed E-state index contributed by atoms with van der Waals surface area (Å²) in [6.45, 7) is 0. The van der Waals surface area contributed by atoms with Crippen molar-refractivity contribution in [1.29, 1.82) is 0 Å². The third-order valence-electron chi connectivity index (χ3n) is 1.70. The van der Waals surface area contributed by atoms with Crippen LogP contribution in [0.1, 0.15) is 16.8 Å². The maximum absolute atomic E-state index is 9.87. The molecule has 0 aromatic carbocycles. The van der Waals surface area contributed by atoms with E-state index in [1.165, 1.54) is 11.3 Å². The van der Waals surface area contributed by atoms with Crippen LogP contribution in [0.15, 0.2) is 34.4 Å². The number of aromatic nitrogens is 2. The third-order valence-corrected chi connectivity index (χ3v) is 3.30. The first kappa shape index (κ1) is 9.76. The van der Waals surface area contributed by atoms with Crippen LogP contribution in [0.4, 0.5) is 0 Å². The van der Waals surface area contributed by atoms with Crippen molar-refractivity contribution >= 4 is 27.3 Å². The molecule has 2 aromatic heterocycles. The van der Waals surface area contributed by atoms with Crippen LogP contribution >= 0.6 is 27.3 Å². The lowest BCUT2D eigenvalue weighted by atomic mass is 10.2. The molecule has 3 nitrogen and oxygen atoms in total. The summed E-state index contributed by atoms with van der Waals surface area (Å²) >= 11 is 4.65. The van der Waals surface area contributed by atoms with Crippen LogP contribution < -0.4 is 0 Å². The van der Waals surface area contributed by atoms with E-state index in [1.54, 1.807) is 12.3 Å². The fraction of sp³-hybridized carbons (Fsp3) is 0.111. The van der Waals surface area contributed by atoms with Gasteiger partial charge >= 0.3 is 0 Å². The standard InChI is InChI=1S/C9H7BrN2OS/c10-7-5-14-9(12-7)8(13)6-3-1-2-4-11-6/h1-5,8,13H. The van der Waals surface area contributed by atoms with E-state index in [-0.39, 0.29) is 0 Å². The van der Waals surface area contributed by atoms with Gasteiger partial charge in [-0.2, -0.15) is 0 Å². The van der Waals surface area contributed by atoms with Crippen LogP contribution in [0, 0.1) is 0 Å². The summed E-state index contributed by atoms with van der Waals surface area (Å²) in [5.41, 5.74) is 0.620. The predicted octanol–water partition coefficient (Wildman–Crippen LogP) is 2.38. The smallest absolute Gasteiger partial charge is 0.147 e. The first-order valence-electron chi connectivity index (χ1n) is 3.97. The van der Waals surface area contributed by atoms with Gasteiger partial charge in [0.25, 0.3) is 0 Å². The zero-order chi connectivity index (χ0) is 9.97. The zero-order valence-corrected chi connectivity index (χ0v) is 9.49. The Balaban J connectivity index is 2.29. The topological polar surface area (TPSA) is 46.0 Å². The third kappa shape index (κ3) is 2.00. The second-order valence-corrected chi connectivity index (χ2v) is 4.37. The molecule has 0 aliphatic rings. The Labute approximate surface area is 93.6 Å². The molecular weight excluding hydrogens is 264 g/mol. The van der Waals surface area contributed by atoms with Gasteiger partial charge in [-0.1, -0.05) is 6.07 Å². The number of halogens is 1. The Morgan fingerprint density at radius 3 is 2.86 bits per heavy atom. The lowest BCUT2D eigenvalue weighted by Crippen LogP contribution is -2.00. The van der Waals surface area contributed by atoms with Crippen molar-refractivity contribution in [3.8, 4) is 0 Å². The molecule has 2 heterocycles. The number of hydrogen-bond acceptors (Lipinski definition) is 4. The number of aliphatic hydroxyl groups excluding tert-OH is 1. The Hall–Kier alpha value is -0.780. The molecule has 0 amide bonds. The largest absolute Gasteiger partial charge is 0.380 e. The van der Waals surface area contributed by atoms with Crippen molar-refractivity contribution in [3.05, 3.63) is 45.1 Å².